The van der Waals surface area contributed by atoms with Gasteiger partial charge in [0.05, 0.1) is 0 Å². The van der Waals surface area contributed by atoms with Gasteiger partial charge in [0.15, 0.2) is 0 Å². The highest BCUT2D eigenvalue weighted by molar-refractivity contribution is 6.03. The molecule has 6 heteroatoms. The van der Waals surface area contributed by atoms with Gasteiger partial charge in [0.25, 0.3) is 5.91 Å². The Kier molecular flexibility index (Phi) is 4.93. The van der Waals surface area contributed by atoms with Gasteiger partial charge in [-0.2, -0.15) is 0 Å². The number of halogens is 1. The molecular formula is C20H19FN4O. The van der Waals surface area contributed by atoms with Gasteiger partial charge >= 0.3 is 0 Å². The van der Waals surface area contributed by atoms with E-state index in [1.54, 1.807) is 13.0 Å². The molecule has 3 rings (SSSR count). The summed E-state index contributed by atoms with van der Waals surface area (Å²) in [4.78, 5) is 21.0. The van der Waals surface area contributed by atoms with Gasteiger partial charge in [0.1, 0.15) is 23.2 Å². The fraction of sp³-hybridized carbons (Fsp3) is 0.150. The van der Waals surface area contributed by atoms with E-state index in [2.05, 4.69) is 20.6 Å². The number of carbonyl (C=O) groups is 1. The summed E-state index contributed by atoms with van der Waals surface area (Å²) >= 11 is 0. The minimum Gasteiger partial charge on any atom is -0.340 e. The molecule has 0 fully saturated rings. The van der Waals surface area contributed by atoms with Crippen LogP contribution in [0, 0.1) is 26.6 Å². The largest absolute Gasteiger partial charge is 0.340 e. The quantitative estimate of drug-likeness (QED) is 0.725. The molecular weight excluding hydrogens is 331 g/mol. The molecule has 1 amide bonds. The summed E-state index contributed by atoms with van der Waals surface area (Å²) in [6.07, 6.45) is 0. The summed E-state index contributed by atoms with van der Waals surface area (Å²) in [5.74, 6) is 0.270. The molecule has 5 nitrogen and oxygen atoms in total. The number of hydrogen-bond acceptors (Lipinski definition) is 4. The highest BCUT2D eigenvalue weighted by Crippen LogP contribution is 2.21. The number of carbonyl (C=O) groups excluding carboxylic acids is 1. The maximum absolute atomic E-state index is 13.0. The van der Waals surface area contributed by atoms with E-state index < -0.39 is 0 Å². The zero-order valence-electron chi connectivity index (χ0n) is 14.8. The van der Waals surface area contributed by atoms with Crippen LogP contribution in [0.3, 0.4) is 0 Å². The second-order valence-electron chi connectivity index (χ2n) is 6.09. The Hall–Kier alpha value is -3.28. The SMILES string of the molecule is Cc1ccc(C)c(Nc2cc(C(=O)Nc3ccc(F)cc3)nc(C)n2)c1. The first kappa shape index (κ1) is 17.5. The summed E-state index contributed by atoms with van der Waals surface area (Å²) < 4.78 is 13.0. The lowest BCUT2D eigenvalue weighted by atomic mass is 10.1. The lowest BCUT2D eigenvalue weighted by molar-refractivity contribution is 0.102. The molecule has 0 radical (unpaired) electrons. The van der Waals surface area contributed by atoms with Crippen molar-refractivity contribution in [1.82, 2.24) is 9.97 Å². The van der Waals surface area contributed by atoms with Crippen molar-refractivity contribution in [3.8, 4) is 0 Å². The number of amides is 1. The predicted molar refractivity (Wildman–Crippen MR) is 100 cm³/mol. The van der Waals surface area contributed by atoms with Crippen LogP contribution < -0.4 is 10.6 Å². The van der Waals surface area contributed by atoms with Crippen LogP contribution in [0.2, 0.25) is 0 Å². The van der Waals surface area contributed by atoms with E-state index in [-0.39, 0.29) is 17.4 Å². The number of aryl methyl sites for hydroxylation is 3. The third-order valence-electron chi connectivity index (χ3n) is 3.83. The maximum atomic E-state index is 13.0. The van der Waals surface area contributed by atoms with Gasteiger partial charge in [-0.3, -0.25) is 4.79 Å². The molecule has 2 aromatic carbocycles. The average molecular weight is 350 g/mol. The Balaban J connectivity index is 1.83. The molecule has 0 aliphatic rings. The second-order valence-corrected chi connectivity index (χ2v) is 6.09. The molecule has 3 aromatic rings. The molecule has 26 heavy (non-hydrogen) atoms. The van der Waals surface area contributed by atoms with Crippen molar-refractivity contribution in [2.45, 2.75) is 20.8 Å². The summed E-state index contributed by atoms with van der Waals surface area (Å²) in [5.41, 5.74) is 3.85. The van der Waals surface area contributed by atoms with Gasteiger partial charge in [-0.25, -0.2) is 14.4 Å². The fourth-order valence-corrected chi connectivity index (χ4v) is 2.48. The van der Waals surface area contributed by atoms with Gasteiger partial charge in [-0.05, 0) is 62.2 Å². The number of hydrogen-bond donors (Lipinski definition) is 2. The number of rotatable bonds is 4. The van der Waals surface area contributed by atoms with Crippen LogP contribution in [0.25, 0.3) is 0 Å². The highest BCUT2D eigenvalue weighted by atomic mass is 19.1. The van der Waals surface area contributed by atoms with Gasteiger partial charge in [-0.15, -0.1) is 0 Å². The molecule has 0 saturated heterocycles. The van der Waals surface area contributed by atoms with Crippen molar-refractivity contribution in [3.63, 3.8) is 0 Å². The molecule has 0 saturated carbocycles. The first-order chi connectivity index (χ1) is 12.4. The highest BCUT2D eigenvalue weighted by Gasteiger charge is 2.12. The van der Waals surface area contributed by atoms with Crippen molar-refractivity contribution in [1.29, 1.82) is 0 Å². The summed E-state index contributed by atoms with van der Waals surface area (Å²) in [5, 5.41) is 5.94. The maximum Gasteiger partial charge on any atom is 0.274 e. The molecule has 132 valence electrons. The van der Waals surface area contributed by atoms with Crippen LogP contribution in [0.1, 0.15) is 27.4 Å². The lowest BCUT2D eigenvalue weighted by Crippen LogP contribution is -2.15. The molecule has 1 heterocycles. The van der Waals surface area contributed by atoms with Gasteiger partial charge in [0.2, 0.25) is 0 Å². The molecule has 2 N–H and O–H groups in total. The van der Waals surface area contributed by atoms with Crippen LogP contribution in [-0.4, -0.2) is 15.9 Å². The summed E-state index contributed by atoms with van der Waals surface area (Å²) in [7, 11) is 0. The minimum absolute atomic E-state index is 0.231. The third-order valence-corrected chi connectivity index (χ3v) is 3.83. The summed E-state index contributed by atoms with van der Waals surface area (Å²) in [6.45, 7) is 5.73. The first-order valence-electron chi connectivity index (χ1n) is 8.17. The van der Waals surface area contributed by atoms with E-state index in [0.29, 0.717) is 17.3 Å². The minimum atomic E-state index is -0.383. The summed E-state index contributed by atoms with van der Waals surface area (Å²) in [6, 6.07) is 13.2. The van der Waals surface area contributed by atoms with E-state index in [1.165, 1.54) is 24.3 Å². The van der Waals surface area contributed by atoms with Crippen LogP contribution in [-0.2, 0) is 0 Å². The average Bonchev–Trinajstić information content (AvgIpc) is 2.59. The van der Waals surface area contributed by atoms with Crippen LogP contribution in [0.15, 0.2) is 48.5 Å². The van der Waals surface area contributed by atoms with E-state index in [0.717, 1.165) is 16.8 Å². The smallest absolute Gasteiger partial charge is 0.274 e. The normalized spacial score (nSPS) is 10.5. The number of nitrogens with zero attached hydrogens (tertiary/aromatic N) is 2. The second kappa shape index (κ2) is 7.31. The van der Waals surface area contributed by atoms with Gasteiger partial charge < -0.3 is 10.6 Å². The fourth-order valence-electron chi connectivity index (χ4n) is 2.48. The standard InChI is InChI=1S/C20H19FN4O/c1-12-4-5-13(2)17(10-12)25-19-11-18(22-14(3)23-19)20(26)24-16-8-6-15(21)7-9-16/h4-11H,1-3H3,(H,24,26)(H,22,23,25). The molecule has 0 aliphatic carbocycles. The Morgan fingerprint density at radius 3 is 2.42 bits per heavy atom. The van der Waals surface area contributed by atoms with Crippen LogP contribution in [0.5, 0.6) is 0 Å². The third kappa shape index (κ3) is 4.22. The topological polar surface area (TPSA) is 66.9 Å². The monoisotopic (exact) mass is 350 g/mol. The number of aromatic nitrogens is 2. The van der Waals surface area contributed by atoms with Crippen LogP contribution in [0.4, 0.5) is 21.6 Å². The van der Waals surface area contributed by atoms with Gasteiger partial charge in [-0.1, -0.05) is 12.1 Å². The molecule has 0 aliphatic heterocycles. The lowest BCUT2D eigenvalue weighted by Gasteiger charge is -2.12. The van der Waals surface area contributed by atoms with Crippen molar-refractivity contribution >= 4 is 23.1 Å². The van der Waals surface area contributed by atoms with Crippen molar-refractivity contribution in [2.75, 3.05) is 10.6 Å². The molecule has 0 atom stereocenters. The number of nitrogens with one attached hydrogen (secondary N) is 2. The number of benzene rings is 2. The van der Waals surface area contributed by atoms with Crippen LogP contribution >= 0.6 is 0 Å². The number of anilines is 3. The Labute approximate surface area is 151 Å². The molecule has 0 unspecified atom stereocenters. The Bertz CT molecular complexity index is 955. The molecule has 1 aromatic heterocycles. The first-order valence-corrected chi connectivity index (χ1v) is 8.17. The van der Waals surface area contributed by atoms with Crippen molar-refractivity contribution in [2.24, 2.45) is 0 Å². The van der Waals surface area contributed by atoms with Crippen molar-refractivity contribution in [3.05, 3.63) is 77.0 Å². The zero-order valence-corrected chi connectivity index (χ0v) is 14.8. The Morgan fingerprint density at radius 2 is 1.69 bits per heavy atom. The van der Waals surface area contributed by atoms with Crippen molar-refractivity contribution < 1.29 is 9.18 Å². The van der Waals surface area contributed by atoms with Gasteiger partial charge in [0, 0.05) is 17.4 Å². The Morgan fingerprint density at radius 1 is 0.962 bits per heavy atom. The van der Waals surface area contributed by atoms with E-state index in [4.69, 9.17) is 0 Å². The van der Waals surface area contributed by atoms with E-state index in [9.17, 15) is 9.18 Å². The molecule has 0 bridgehead atoms. The van der Waals surface area contributed by atoms with E-state index >= 15 is 0 Å². The zero-order chi connectivity index (χ0) is 18.7. The predicted octanol–water partition coefficient (Wildman–Crippen LogP) is 4.54. The molecule has 0 spiro atoms. The van der Waals surface area contributed by atoms with E-state index in [1.807, 2.05) is 32.0 Å².